The van der Waals surface area contributed by atoms with Crippen molar-refractivity contribution in [3.8, 4) is 17.1 Å². The molecule has 2 aliphatic carbocycles. The molecule has 1 spiro atoms. The van der Waals surface area contributed by atoms with E-state index in [9.17, 15) is 9.59 Å². The van der Waals surface area contributed by atoms with Crippen molar-refractivity contribution < 1.29 is 14.3 Å². The number of hydrogen-bond acceptors (Lipinski definition) is 8. The van der Waals surface area contributed by atoms with Crippen molar-refractivity contribution in [1.29, 1.82) is 0 Å². The maximum Gasteiger partial charge on any atom is 0.228 e. The number of nitrogens with zero attached hydrogens (tertiary/aromatic N) is 4. The normalized spacial score (nSPS) is 25.0. The second-order valence-electron chi connectivity index (χ2n) is 10.9. The average molecular weight is 516 g/mol. The molecule has 2 aromatic rings. The Morgan fingerprint density at radius 1 is 1.21 bits per heavy atom. The van der Waals surface area contributed by atoms with Crippen LogP contribution in [0.2, 0.25) is 0 Å². The number of carbonyl (C=O) groups excluding carboxylic acids is 2. The van der Waals surface area contributed by atoms with Gasteiger partial charge >= 0.3 is 0 Å². The summed E-state index contributed by atoms with van der Waals surface area (Å²) < 4.78 is 6.35. The van der Waals surface area contributed by atoms with E-state index in [0.29, 0.717) is 48.5 Å². The smallest absolute Gasteiger partial charge is 0.228 e. The first-order chi connectivity index (χ1) is 18.3. The van der Waals surface area contributed by atoms with Crippen molar-refractivity contribution in [3.63, 3.8) is 0 Å². The van der Waals surface area contributed by atoms with Crippen LogP contribution in [-0.2, 0) is 4.79 Å². The molecule has 3 aliphatic rings. The van der Waals surface area contributed by atoms with Crippen LogP contribution in [0.15, 0.2) is 48.3 Å². The number of ketones is 2. The lowest BCUT2D eigenvalue weighted by molar-refractivity contribution is -0.129. The Morgan fingerprint density at radius 2 is 2.03 bits per heavy atom. The van der Waals surface area contributed by atoms with E-state index in [-0.39, 0.29) is 29.5 Å². The maximum absolute atomic E-state index is 13.9. The first-order valence-electron chi connectivity index (χ1n) is 13.7. The molecule has 0 radical (unpaired) electrons. The highest BCUT2D eigenvalue weighted by atomic mass is 16.5. The molecule has 1 saturated heterocycles. The number of carbonyl (C=O) groups is 2. The number of hydrogen-bond donors (Lipinski definition) is 1. The van der Waals surface area contributed by atoms with Crippen LogP contribution < -0.4 is 10.5 Å². The Morgan fingerprint density at radius 3 is 2.71 bits per heavy atom. The predicted molar refractivity (Wildman–Crippen MR) is 146 cm³/mol. The van der Waals surface area contributed by atoms with Gasteiger partial charge in [-0.1, -0.05) is 13.0 Å². The average Bonchev–Trinajstić information content (AvgIpc) is 3.35. The third-order valence-electron chi connectivity index (χ3n) is 8.49. The fraction of sp³-hybridized carbons (Fsp3) is 0.500. The van der Waals surface area contributed by atoms with Gasteiger partial charge in [0.05, 0.1) is 17.2 Å². The van der Waals surface area contributed by atoms with Gasteiger partial charge in [0.25, 0.3) is 0 Å². The van der Waals surface area contributed by atoms with Crippen LogP contribution in [0.1, 0.15) is 74.1 Å². The van der Waals surface area contributed by atoms with E-state index in [1.165, 1.54) is 0 Å². The number of nitrogens with two attached hydrogens (primary N) is 1. The standard InChI is InChI=1S/C30H37N5O3/c1-4-24(23-10-8-16-35(23)3)38-26-17-22(20-13-12-19(2)32-18-20)33-29(34-26)27(37)21-9-7-15-30(28(21)31)14-6-5-11-25(30)36/h4,12-13,17-18,23-24H,1,5-11,14-16,31H2,2-3H3/t23-,24-,30+/m0/s1. The van der Waals surface area contributed by atoms with E-state index in [4.69, 9.17) is 10.5 Å². The summed E-state index contributed by atoms with van der Waals surface area (Å²) in [7, 11) is 2.08. The third-order valence-corrected chi connectivity index (χ3v) is 8.49. The Hall–Kier alpha value is -3.39. The number of likely N-dealkylation sites (N-methyl/N-ethyl adjacent to an activating group) is 1. The minimum Gasteiger partial charge on any atom is -0.468 e. The summed E-state index contributed by atoms with van der Waals surface area (Å²) in [5, 5.41) is 0. The molecule has 0 amide bonds. The van der Waals surface area contributed by atoms with E-state index < -0.39 is 5.41 Å². The van der Waals surface area contributed by atoms with E-state index in [2.05, 4.69) is 33.5 Å². The van der Waals surface area contributed by atoms with Crippen molar-refractivity contribution in [1.82, 2.24) is 19.9 Å². The fourth-order valence-electron chi connectivity index (χ4n) is 6.26. The Bertz CT molecular complexity index is 1270. The van der Waals surface area contributed by atoms with Crippen LogP contribution in [0.25, 0.3) is 11.3 Å². The second-order valence-corrected chi connectivity index (χ2v) is 10.9. The highest BCUT2D eigenvalue weighted by Crippen LogP contribution is 2.47. The van der Waals surface area contributed by atoms with Gasteiger partial charge in [-0.05, 0) is 83.7 Å². The molecular formula is C30H37N5O3. The number of ether oxygens (including phenoxy) is 1. The molecule has 5 rings (SSSR count). The van der Waals surface area contributed by atoms with Crippen LogP contribution in [0.4, 0.5) is 0 Å². The lowest BCUT2D eigenvalue weighted by atomic mass is 9.64. The highest BCUT2D eigenvalue weighted by Gasteiger charge is 2.46. The van der Waals surface area contributed by atoms with Gasteiger partial charge in [-0.2, -0.15) is 4.98 Å². The van der Waals surface area contributed by atoms with Gasteiger partial charge < -0.3 is 10.5 Å². The van der Waals surface area contributed by atoms with Gasteiger partial charge in [0, 0.05) is 41.2 Å². The molecule has 3 atom stereocenters. The summed E-state index contributed by atoms with van der Waals surface area (Å²) in [4.78, 5) is 42.8. The van der Waals surface area contributed by atoms with Crippen LogP contribution in [0, 0.1) is 12.3 Å². The van der Waals surface area contributed by atoms with Gasteiger partial charge in [0.2, 0.25) is 17.5 Å². The molecule has 1 aliphatic heterocycles. The summed E-state index contributed by atoms with van der Waals surface area (Å²) in [6.07, 6.45) is 10.3. The van der Waals surface area contributed by atoms with Crippen molar-refractivity contribution in [2.75, 3.05) is 13.6 Å². The van der Waals surface area contributed by atoms with Crippen molar-refractivity contribution in [2.45, 2.75) is 76.9 Å². The van der Waals surface area contributed by atoms with E-state index in [1.807, 2.05) is 19.1 Å². The largest absolute Gasteiger partial charge is 0.468 e. The topological polar surface area (TPSA) is 111 Å². The molecule has 0 unspecified atom stereocenters. The molecule has 0 aromatic carbocycles. The van der Waals surface area contributed by atoms with E-state index in [1.54, 1.807) is 18.3 Å². The van der Waals surface area contributed by atoms with Crippen molar-refractivity contribution in [2.24, 2.45) is 11.1 Å². The van der Waals surface area contributed by atoms with Gasteiger partial charge in [0.15, 0.2) is 0 Å². The summed E-state index contributed by atoms with van der Waals surface area (Å²) in [5.74, 6) is 0.159. The molecule has 200 valence electrons. The predicted octanol–water partition coefficient (Wildman–Crippen LogP) is 4.58. The van der Waals surface area contributed by atoms with Crippen LogP contribution in [0.3, 0.4) is 0 Å². The number of aryl methyl sites for hydroxylation is 1. The number of aromatic nitrogens is 3. The summed E-state index contributed by atoms with van der Waals surface area (Å²) in [6.45, 7) is 6.91. The van der Waals surface area contributed by atoms with E-state index in [0.717, 1.165) is 49.9 Å². The van der Waals surface area contributed by atoms with Crippen LogP contribution in [0.5, 0.6) is 5.88 Å². The molecule has 1 saturated carbocycles. The number of allylic oxidation sites excluding steroid dienone is 2. The van der Waals surface area contributed by atoms with Gasteiger partial charge in [0.1, 0.15) is 11.9 Å². The fourth-order valence-corrected chi connectivity index (χ4v) is 6.26. The zero-order valence-corrected chi connectivity index (χ0v) is 22.4. The van der Waals surface area contributed by atoms with Gasteiger partial charge in [-0.15, -0.1) is 0 Å². The number of rotatable bonds is 7. The number of pyridine rings is 1. The molecule has 8 nitrogen and oxygen atoms in total. The van der Waals surface area contributed by atoms with Crippen molar-refractivity contribution >= 4 is 11.6 Å². The molecule has 38 heavy (non-hydrogen) atoms. The van der Waals surface area contributed by atoms with E-state index >= 15 is 0 Å². The summed E-state index contributed by atoms with van der Waals surface area (Å²) in [5.41, 5.74) is 9.00. The minimum atomic E-state index is -0.722. The summed E-state index contributed by atoms with van der Waals surface area (Å²) in [6, 6.07) is 5.75. The Balaban J connectivity index is 1.55. The molecule has 2 fully saturated rings. The third kappa shape index (κ3) is 4.89. The van der Waals surface area contributed by atoms with Crippen LogP contribution >= 0.6 is 0 Å². The van der Waals surface area contributed by atoms with Crippen LogP contribution in [-0.4, -0.2) is 57.2 Å². The molecule has 3 heterocycles. The monoisotopic (exact) mass is 515 g/mol. The maximum atomic E-state index is 13.9. The minimum absolute atomic E-state index is 0.0268. The summed E-state index contributed by atoms with van der Waals surface area (Å²) >= 11 is 0. The Labute approximate surface area is 224 Å². The molecule has 0 bridgehead atoms. The molecular weight excluding hydrogens is 478 g/mol. The molecule has 2 N–H and O–H groups in total. The quantitative estimate of drug-likeness (QED) is 0.421. The highest BCUT2D eigenvalue weighted by molar-refractivity contribution is 6.08. The van der Waals surface area contributed by atoms with Crippen molar-refractivity contribution in [3.05, 3.63) is 59.8 Å². The SMILES string of the molecule is C=C[C@H](Oc1cc(-c2ccc(C)nc2)nc(C(=O)C2=C(N)[C@]3(CCCCC3=O)CCC2)n1)[C@@H]1CCCN1C. The number of Topliss-reactive ketones (excluding diaryl/α,β-unsaturated/α-hetero) is 2. The lowest BCUT2D eigenvalue weighted by Gasteiger charge is -2.40. The molecule has 2 aromatic heterocycles. The lowest BCUT2D eigenvalue weighted by Crippen LogP contribution is -2.42. The first-order valence-corrected chi connectivity index (χ1v) is 13.7. The molecule has 8 heteroatoms. The first kappa shape index (κ1) is 26.2. The second kappa shape index (κ2) is 10.8. The zero-order valence-electron chi connectivity index (χ0n) is 22.4. The zero-order chi connectivity index (χ0) is 26.9. The van der Waals surface area contributed by atoms with Gasteiger partial charge in [-0.25, -0.2) is 4.98 Å². The van der Waals surface area contributed by atoms with Gasteiger partial charge in [-0.3, -0.25) is 19.5 Å². The Kier molecular flexibility index (Phi) is 7.43. The number of likely N-dealkylation sites (tertiary alicyclic amines) is 1.